The second kappa shape index (κ2) is 4.64. The number of allylic oxidation sites excluding steroid dienone is 2. The summed E-state index contributed by atoms with van der Waals surface area (Å²) in [5.74, 6) is -3.15. The Bertz CT molecular complexity index is 951. The first kappa shape index (κ1) is 18.5. The molecular weight excluding hydrogens is 386 g/mol. The Labute approximate surface area is 175 Å². The van der Waals surface area contributed by atoms with Crippen molar-refractivity contribution in [1.29, 1.82) is 0 Å². The van der Waals surface area contributed by atoms with Gasteiger partial charge in [0.2, 0.25) is 5.79 Å². The van der Waals surface area contributed by atoms with E-state index in [0.29, 0.717) is 6.54 Å². The van der Waals surface area contributed by atoms with Crippen LogP contribution in [-0.2, 0) is 23.8 Å². The molecule has 7 fully saturated rings. The molecule has 0 amide bonds. The number of fused-ring (bicyclic) bond motifs is 2. The molecule has 4 aliphatic heterocycles. The van der Waals surface area contributed by atoms with Crippen LogP contribution in [0.15, 0.2) is 12.2 Å². The molecule has 4 bridgehead atoms. The number of aliphatic hydroxyl groups excluding tert-OH is 1. The zero-order chi connectivity index (χ0) is 21.1. The molecule has 162 valence electrons. The summed E-state index contributed by atoms with van der Waals surface area (Å²) in [7, 11) is 0. The maximum absolute atomic E-state index is 14.3. The van der Waals surface area contributed by atoms with E-state index in [1.165, 1.54) is 0 Å². The first-order valence-electron chi connectivity index (χ1n) is 11.2. The standard InChI is InChI=1S/C23H29NO6/c1-18(2)8-7-13(25)20-10-28-23(15(26)14(18)20)22-12(20)6-5-11(21(9-24-21)17(22)27)16(22)29-19(3,4)30-23/h7-8,11-12,14-16,24,26H,5-6,9-10H2,1-4H3/t11-,12?,14?,15+,16-,20-,21?,22-,23+/m1/s1. The molecule has 7 heteroatoms. The predicted octanol–water partition coefficient (Wildman–Crippen LogP) is 0.944. The van der Waals surface area contributed by atoms with Crippen LogP contribution in [0.4, 0.5) is 0 Å². The third kappa shape index (κ3) is 1.49. The molecule has 4 spiro atoms. The largest absolute Gasteiger partial charge is 0.387 e. The Morgan fingerprint density at radius 2 is 1.90 bits per heavy atom. The van der Waals surface area contributed by atoms with E-state index in [-0.39, 0.29) is 35.9 Å². The molecule has 0 aromatic heterocycles. The summed E-state index contributed by atoms with van der Waals surface area (Å²) < 4.78 is 19.4. The summed E-state index contributed by atoms with van der Waals surface area (Å²) in [6.07, 6.45) is 3.59. The Morgan fingerprint density at radius 3 is 2.60 bits per heavy atom. The molecular formula is C23H29NO6. The van der Waals surface area contributed by atoms with Crippen molar-refractivity contribution >= 4 is 11.6 Å². The SMILES string of the molecule is CC1(C)O[C@@H]2[C@H]3CCC4[C@@]56CO[C@](O1)([C@@H](O)C5C(C)(C)C=CC6=O)[C@]42C(=O)C31CN1. The van der Waals surface area contributed by atoms with E-state index < -0.39 is 45.6 Å². The van der Waals surface area contributed by atoms with Gasteiger partial charge in [-0.2, -0.15) is 0 Å². The van der Waals surface area contributed by atoms with E-state index in [1.54, 1.807) is 6.08 Å². The number of Topliss-reactive ketones (excluding diaryl/α,β-unsaturated/α-hetero) is 1. The zero-order valence-electron chi connectivity index (χ0n) is 17.9. The van der Waals surface area contributed by atoms with Crippen molar-refractivity contribution < 1.29 is 28.9 Å². The normalized spacial score (nSPS) is 60.5. The lowest BCUT2D eigenvalue weighted by Gasteiger charge is -2.75. The van der Waals surface area contributed by atoms with E-state index in [0.717, 1.165) is 12.8 Å². The van der Waals surface area contributed by atoms with Gasteiger partial charge in [-0.3, -0.25) is 9.59 Å². The summed E-state index contributed by atoms with van der Waals surface area (Å²) in [4.78, 5) is 27.9. The monoisotopic (exact) mass is 415 g/mol. The van der Waals surface area contributed by atoms with Crippen LogP contribution in [0.1, 0.15) is 40.5 Å². The van der Waals surface area contributed by atoms with Crippen LogP contribution in [-0.4, -0.2) is 59.1 Å². The lowest BCUT2D eigenvalue weighted by Crippen LogP contribution is -2.88. The van der Waals surface area contributed by atoms with Crippen LogP contribution in [0.5, 0.6) is 0 Å². The highest BCUT2D eigenvalue weighted by molar-refractivity contribution is 6.05. The number of carbonyl (C=O) groups is 2. The number of hydrogen-bond acceptors (Lipinski definition) is 7. The molecule has 0 radical (unpaired) electrons. The third-order valence-corrected chi connectivity index (χ3v) is 9.82. The van der Waals surface area contributed by atoms with Gasteiger partial charge in [0.15, 0.2) is 17.4 Å². The van der Waals surface area contributed by atoms with Crippen molar-refractivity contribution in [1.82, 2.24) is 5.32 Å². The smallest absolute Gasteiger partial charge is 0.213 e. The second-order valence-electron chi connectivity index (χ2n) is 11.7. The summed E-state index contributed by atoms with van der Waals surface area (Å²) in [5.41, 5.74) is -3.17. The maximum atomic E-state index is 14.3. The lowest BCUT2D eigenvalue weighted by molar-refractivity contribution is -0.522. The van der Waals surface area contributed by atoms with Gasteiger partial charge in [0.25, 0.3) is 0 Å². The maximum Gasteiger partial charge on any atom is 0.213 e. The van der Waals surface area contributed by atoms with Crippen molar-refractivity contribution in [2.45, 2.75) is 69.9 Å². The minimum atomic E-state index is -1.50. The highest BCUT2D eigenvalue weighted by atomic mass is 16.8. The van der Waals surface area contributed by atoms with E-state index in [1.807, 2.05) is 19.9 Å². The quantitative estimate of drug-likeness (QED) is 0.568. The van der Waals surface area contributed by atoms with Crippen molar-refractivity contribution in [3.05, 3.63) is 12.2 Å². The number of nitrogens with one attached hydrogen (secondary N) is 1. The highest BCUT2D eigenvalue weighted by Gasteiger charge is 2.93. The van der Waals surface area contributed by atoms with Gasteiger partial charge in [0.1, 0.15) is 11.5 Å². The number of carbonyl (C=O) groups excluding carboxylic acids is 2. The average Bonchev–Trinajstić information content (AvgIpc) is 3.45. The summed E-state index contributed by atoms with van der Waals surface area (Å²) >= 11 is 0. The van der Waals surface area contributed by atoms with Gasteiger partial charge >= 0.3 is 0 Å². The minimum Gasteiger partial charge on any atom is -0.387 e. The summed E-state index contributed by atoms with van der Waals surface area (Å²) in [6.45, 7) is 8.58. The van der Waals surface area contributed by atoms with Crippen molar-refractivity contribution in [3.8, 4) is 0 Å². The first-order chi connectivity index (χ1) is 14.0. The van der Waals surface area contributed by atoms with Crippen molar-refractivity contribution in [2.75, 3.05) is 13.2 Å². The Balaban J connectivity index is 1.57. The molecule has 30 heavy (non-hydrogen) atoms. The molecule has 0 aromatic rings. The highest BCUT2D eigenvalue weighted by Crippen LogP contribution is 2.79. The number of hydrogen-bond donors (Lipinski definition) is 2. The number of rotatable bonds is 0. The van der Waals surface area contributed by atoms with Crippen LogP contribution < -0.4 is 5.32 Å². The molecule has 3 saturated carbocycles. The van der Waals surface area contributed by atoms with Crippen LogP contribution in [0.3, 0.4) is 0 Å². The van der Waals surface area contributed by atoms with Gasteiger partial charge < -0.3 is 24.6 Å². The molecule has 0 aromatic carbocycles. The van der Waals surface area contributed by atoms with Gasteiger partial charge in [0.05, 0.1) is 23.7 Å². The van der Waals surface area contributed by atoms with Crippen molar-refractivity contribution in [2.24, 2.45) is 34.0 Å². The lowest BCUT2D eigenvalue weighted by atomic mass is 9.36. The number of aliphatic hydroxyl groups is 1. The first-order valence-corrected chi connectivity index (χ1v) is 11.2. The molecule has 4 aliphatic carbocycles. The molecule has 7 nitrogen and oxygen atoms in total. The zero-order valence-corrected chi connectivity index (χ0v) is 17.9. The van der Waals surface area contributed by atoms with Crippen LogP contribution in [0.2, 0.25) is 0 Å². The van der Waals surface area contributed by atoms with E-state index in [4.69, 9.17) is 14.2 Å². The second-order valence-corrected chi connectivity index (χ2v) is 11.7. The number of ketones is 2. The van der Waals surface area contributed by atoms with E-state index in [9.17, 15) is 14.7 Å². The van der Waals surface area contributed by atoms with Gasteiger partial charge in [-0.25, -0.2) is 0 Å². The minimum absolute atomic E-state index is 0.00791. The molecule has 8 rings (SSSR count). The van der Waals surface area contributed by atoms with Crippen LogP contribution in [0, 0.1) is 34.0 Å². The third-order valence-electron chi connectivity index (χ3n) is 9.82. The van der Waals surface area contributed by atoms with Gasteiger partial charge in [-0.05, 0) is 44.1 Å². The van der Waals surface area contributed by atoms with E-state index >= 15 is 0 Å². The van der Waals surface area contributed by atoms with Gasteiger partial charge in [-0.1, -0.05) is 19.9 Å². The van der Waals surface area contributed by atoms with Crippen LogP contribution in [0.25, 0.3) is 0 Å². The van der Waals surface area contributed by atoms with Gasteiger partial charge in [-0.15, -0.1) is 0 Å². The summed E-state index contributed by atoms with van der Waals surface area (Å²) in [5, 5.41) is 15.3. The Morgan fingerprint density at radius 1 is 1.17 bits per heavy atom. The molecule has 4 heterocycles. The van der Waals surface area contributed by atoms with Gasteiger partial charge in [0, 0.05) is 18.4 Å². The topological polar surface area (TPSA) is 104 Å². The Hall–Kier alpha value is -1.12. The predicted molar refractivity (Wildman–Crippen MR) is 103 cm³/mol. The number of ether oxygens (including phenoxy) is 3. The fourth-order valence-corrected chi connectivity index (χ4v) is 9.00. The molecule has 4 saturated heterocycles. The van der Waals surface area contributed by atoms with E-state index in [2.05, 4.69) is 19.2 Å². The summed E-state index contributed by atoms with van der Waals surface area (Å²) in [6, 6.07) is 0. The fourth-order valence-electron chi connectivity index (χ4n) is 9.00. The fraction of sp³-hybridized carbons (Fsp3) is 0.826. The average molecular weight is 415 g/mol. The molecule has 2 N–H and O–H groups in total. The van der Waals surface area contributed by atoms with Crippen molar-refractivity contribution in [3.63, 3.8) is 0 Å². The Kier molecular flexibility index (Phi) is 2.85. The molecule has 9 atom stereocenters. The molecule has 8 aliphatic rings. The molecule has 3 unspecified atom stereocenters. The van der Waals surface area contributed by atoms with Crippen LogP contribution >= 0.6 is 0 Å².